The molecule has 0 bridgehead atoms. The minimum absolute atomic E-state index is 0. The van der Waals surface area contributed by atoms with Gasteiger partial charge in [-0.25, -0.2) is 9.38 Å². The Morgan fingerprint density at radius 2 is 1.93 bits per heavy atom. The highest BCUT2D eigenvalue weighted by molar-refractivity contribution is 14.0. The van der Waals surface area contributed by atoms with E-state index in [4.69, 9.17) is 9.73 Å². The molecule has 2 aromatic carbocycles. The number of hydrogen-bond donors (Lipinski definition) is 2. The van der Waals surface area contributed by atoms with Crippen molar-refractivity contribution in [3.05, 3.63) is 65.0 Å². The molecule has 2 N–H and O–H groups in total. The summed E-state index contributed by atoms with van der Waals surface area (Å²) in [6.45, 7) is 10.5. The molecule has 1 saturated heterocycles. The molecule has 1 heterocycles. The number of halogens is 2. The lowest BCUT2D eigenvalue weighted by atomic mass is 10.1. The summed E-state index contributed by atoms with van der Waals surface area (Å²) in [7, 11) is 0. The summed E-state index contributed by atoms with van der Waals surface area (Å²) < 4.78 is 19.4. The van der Waals surface area contributed by atoms with Gasteiger partial charge in [0.2, 0.25) is 0 Å². The predicted octanol–water partition coefficient (Wildman–Crippen LogP) is 4.41. The van der Waals surface area contributed by atoms with Gasteiger partial charge >= 0.3 is 0 Å². The van der Waals surface area contributed by atoms with Crippen LogP contribution in [0.15, 0.2) is 47.5 Å². The molecule has 2 aromatic rings. The van der Waals surface area contributed by atoms with E-state index in [2.05, 4.69) is 33.7 Å². The zero-order valence-corrected chi connectivity index (χ0v) is 20.3. The van der Waals surface area contributed by atoms with Gasteiger partial charge in [0.25, 0.3) is 0 Å². The summed E-state index contributed by atoms with van der Waals surface area (Å²) in [4.78, 5) is 7.14. The first kappa shape index (κ1) is 24.4. The van der Waals surface area contributed by atoms with Gasteiger partial charge in [0, 0.05) is 25.3 Å². The third-order valence-electron chi connectivity index (χ3n) is 5.14. The van der Waals surface area contributed by atoms with Gasteiger partial charge in [-0.2, -0.15) is 0 Å². The first-order valence-corrected chi connectivity index (χ1v) is 10.3. The average molecular weight is 526 g/mol. The van der Waals surface area contributed by atoms with Gasteiger partial charge in [-0.15, -0.1) is 24.0 Å². The Kier molecular flexibility index (Phi) is 9.84. The maximum Gasteiger partial charge on any atom is 0.192 e. The van der Waals surface area contributed by atoms with Crippen molar-refractivity contribution in [1.82, 2.24) is 10.6 Å². The van der Waals surface area contributed by atoms with Crippen molar-refractivity contribution < 1.29 is 9.13 Å². The topological polar surface area (TPSA) is 48.9 Å². The van der Waals surface area contributed by atoms with Crippen molar-refractivity contribution in [2.45, 2.75) is 33.4 Å². The Morgan fingerprint density at radius 1 is 1.20 bits per heavy atom. The van der Waals surface area contributed by atoms with Crippen LogP contribution >= 0.6 is 24.0 Å². The van der Waals surface area contributed by atoms with E-state index in [0.717, 1.165) is 44.4 Å². The molecule has 1 aliphatic rings. The van der Waals surface area contributed by atoms with E-state index in [0.29, 0.717) is 12.1 Å². The van der Waals surface area contributed by atoms with Crippen LogP contribution < -0.4 is 15.5 Å². The quantitative estimate of drug-likeness (QED) is 0.333. The number of guanidine groups is 1. The number of anilines is 1. The van der Waals surface area contributed by atoms with Crippen LogP contribution in [0.2, 0.25) is 0 Å². The predicted molar refractivity (Wildman–Crippen MR) is 132 cm³/mol. The van der Waals surface area contributed by atoms with Gasteiger partial charge in [0.05, 0.1) is 25.8 Å². The molecule has 0 aliphatic carbocycles. The largest absolute Gasteiger partial charge is 0.378 e. The molecule has 1 aliphatic heterocycles. The number of aryl methyl sites for hydroxylation is 1. The second kappa shape index (κ2) is 12.1. The van der Waals surface area contributed by atoms with Crippen LogP contribution in [-0.2, 0) is 11.3 Å². The van der Waals surface area contributed by atoms with Crippen molar-refractivity contribution in [3.8, 4) is 0 Å². The summed E-state index contributed by atoms with van der Waals surface area (Å²) in [5.41, 5.74) is 3.94. The zero-order valence-electron chi connectivity index (χ0n) is 18.0. The number of nitrogens with one attached hydrogen (secondary N) is 2. The number of para-hydroxylation sites is 1. The lowest BCUT2D eigenvalue weighted by Gasteiger charge is -2.30. The second-order valence-electron chi connectivity index (χ2n) is 7.30. The number of nitrogens with zero attached hydrogens (tertiary/aromatic N) is 2. The summed E-state index contributed by atoms with van der Waals surface area (Å²) in [5, 5.41) is 6.68. The molecule has 1 atom stereocenters. The molecule has 5 nitrogen and oxygen atoms in total. The smallest absolute Gasteiger partial charge is 0.192 e. The normalized spacial score (nSPS) is 15.3. The summed E-state index contributed by atoms with van der Waals surface area (Å²) in [6.07, 6.45) is 0. The Bertz CT molecular complexity index is 840. The van der Waals surface area contributed by atoms with Gasteiger partial charge in [0.1, 0.15) is 5.82 Å². The van der Waals surface area contributed by atoms with Crippen LogP contribution in [0.25, 0.3) is 0 Å². The maximum atomic E-state index is 13.9. The summed E-state index contributed by atoms with van der Waals surface area (Å²) in [6, 6.07) is 13.7. The number of hydrogen-bond acceptors (Lipinski definition) is 3. The molecule has 0 spiro atoms. The Labute approximate surface area is 196 Å². The molecular weight excluding hydrogens is 494 g/mol. The zero-order chi connectivity index (χ0) is 20.6. The fourth-order valence-electron chi connectivity index (χ4n) is 3.41. The van der Waals surface area contributed by atoms with Gasteiger partial charge < -0.3 is 20.3 Å². The molecule has 1 unspecified atom stereocenters. The third kappa shape index (κ3) is 6.57. The Balaban J connectivity index is 0.00000320. The molecular formula is C23H32FIN4O. The van der Waals surface area contributed by atoms with E-state index in [1.54, 1.807) is 13.0 Å². The van der Waals surface area contributed by atoms with Crippen LogP contribution in [0, 0.1) is 12.7 Å². The monoisotopic (exact) mass is 526 g/mol. The molecule has 30 heavy (non-hydrogen) atoms. The second-order valence-corrected chi connectivity index (χ2v) is 7.30. The van der Waals surface area contributed by atoms with Crippen LogP contribution in [0.1, 0.15) is 36.6 Å². The standard InChI is InChI=1S/C23H31FN4O.HI/c1-4-25-23(27-18(3)19-10-9-17(2)21(24)15-19)26-16-20-7-5-6-8-22(20)28-11-13-29-14-12-28;/h5-10,15,18H,4,11-14,16H2,1-3H3,(H2,25,26,27);1H. The van der Waals surface area contributed by atoms with Crippen LogP contribution in [0.4, 0.5) is 10.1 Å². The highest BCUT2D eigenvalue weighted by Crippen LogP contribution is 2.22. The van der Waals surface area contributed by atoms with E-state index in [9.17, 15) is 4.39 Å². The number of rotatable bonds is 6. The third-order valence-corrected chi connectivity index (χ3v) is 5.14. The molecule has 0 radical (unpaired) electrons. The number of morpholine rings is 1. The van der Waals surface area contributed by atoms with Crippen molar-refractivity contribution in [3.63, 3.8) is 0 Å². The van der Waals surface area contributed by atoms with Gasteiger partial charge in [-0.3, -0.25) is 0 Å². The SMILES string of the molecule is CCNC(=NCc1ccccc1N1CCOCC1)NC(C)c1ccc(C)c(F)c1.I. The fourth-order valence-corrected chi connectivity index (χ4v) is 3.41. The van der Waals surface area contributed by atoms with Crippen molar-refractivity contribution in [2.24, 2.45) is 4.99 Å². The van der Waals surface area contributed by atoms with E-state index in [-0.39, 0.29) is 35.8 Å². The van der Waals surface area contributed by atoms with Crippen molar-refractivity contribution in [2.75, 3.05) is 37.7 Å². The average Bonchev–Trinajstić information content (AvgIpc) is 2.75. The highest BCUT2D eigenvalue weighted by Gasteiger charge is 2.15. The molecule has 7 heteroatoms. The van der Waals surface area contributed by atoms with E-state index >= 15 is 0 Å². The number of ether oxygens (including phenoxy) is 1. The molecule has 164 valence electrons. The van der Waals surface area contributed by atoms with Gasteiger partial charge in [0.15, 0.2) is 5.96 Å². The highest BCUT2D eigenvalue weighted by atomic mass is 127. The fraction of sp³-hybridized carbons (Fsp3) is 0.435. The van der Waals surface area contributed by atoms with Gasteiger partial charge in [-0.1, -0.05) is 30.3 Å². The number of benzene rings is 2. The summed E-state index contributed by atoms with van der Waals surface area (Å²) >= 11 is 0. The number of aliphatic imine (C=N–C) groups is 1. The molecule has 0 amide bonds. The first-order valence-electron chi connectivity index (χ1n) is 10.3. The van der Waals surface area contributed by atoms with E-state index < -0.39 is 0 Å². The van der Waals surface area contributed by atoms with Crippen LogP contribution in [-0.4, -0.2) is 38.8 Å². The Morgan fingerprint density at radius 3 is 2.63 bits per heavy atom. The molecule has 3 rings (SSSR count). The van der Waals surface area contributed by atoms with Crippen LogP contribution in [0.5, 0.6) is 0 Å². The molecule has 0 saturated carbocycles. The Hall–Kier alpha value is -1.87. The van der Waals surface area contributed by atoms with E-state index in [1.807, 2.05) is 32.0 Å². The molecule has 0 aromatic heterocycles. The summed E-state index contributed by atoms with van der Waals surface area (Å²) in [5.74, 6) is 0.537. The van der Waals surface area contributed by atoms with Crippen molar-refractivity contribution in [1.29, 1.82) is 0 Å². The minimum atomic E-state index is -0.183. The van der Waals surface area contributed by atoms with Crippen LogP contribution in [0.3, 0.4) is 0 Å². The maximum absolute atomic E-state index is 13.9. The van der Waals surface area contributed by atoms with Crippen molar-refractivity contribution >= 4 is 35.6 Å². The first-order chi connectivity index (χ1) is 14.1. The van der Waals surface area contributed by atoms with Gasteiger partial charge in [-0.05, 0) is 49.6 Å². The lowest BCUT2D eigenvalue weighted by molar-refractivity contribution is 0.122. The lowest BCUT2D eigenvalue weighted by Crippen LogP contribution is -2.39. The van der Waals surface area contributed by atoms with E-state index in [1.165, 1.54) is 11.3 Å². The minimum Gasteiger partial charge on any atom is -0.378 e. The molecule has 1 fully saturated rings.